The Bertz CT molecular complexity index is 507. The number of carboxylic acids is 2. The van der Waals surface area contributed by atoms with E-state index in [4.69, 9.17) is 21.1 Å². The second kappa shape index (κ2) is 10.1. The van der Waals surface area contributed by atoms with Gasteiger partial charge in [0.25, 0.3) is 0 Å². The van der Waals surface area contributed by atoms with E-state index in [1.165, 1.54) is 6.92 Å². The predicted octanol–water partition coefficient (Wildman–Crippen LogP) is -4.03. The molecule has 8 N–H and O–H groups in total. The molecule has 12 nitrogen and oxygen atoms in total. The zero-order valence-corrected chi connectivity index (χ0v) is 12.8. The van der Waals surface area contributed by atoms with Gasteiger partial charge in [-0.3, -0.25) is 19.2 Å². The third kappa shape index (κ3) is 8.05. The van der Waals surface area contributed by atoms with E-state index in [-0.39, 0.29) is 0 Å². The molecule has 0 aromatic rings. The molecular formula is C12H20N4O8. The Morgan fingerprint density at radius 1 is 1.00 bits per heavy atom. The second-order valence-corrected chi connectivity index (χ2v) is 4.81. The summed E-state index contributed by atoms with van der Waals surface area (Å²) in [6.45, 7) is -0.225. The molecule has 0 aromatic heterocycles. The van der Waals surface area contributed by atoms with Crippen molar-refractivity contribution in [1.82, 2.24) is 16.0 Å². The summed E-state index contributed by atoms with van der Waals surface area (Å²) >= 11 is 0. The number of nitrogens with one attached hydrogen (secondary N) is 3. The van der Waals surface area contributed by atoms with E-state index in [0.29, 0.717) is 0 Å². The van der Waals surface area contributed by atoms with Crippen molar-refractivity contribution in [2.24, 2.45) is 5.73 Å². The molecule has 0 unspecified atom stereocenters. The molecule has 3 atom stereocenters. The van der Waals surface area contributed by atoms with Gasteiger partial charge in [0.2, 0.25) is 17.7 Å². The Hall–Kier alpha value is -2.73. The van der Waals surface area contributed by atoms with Crippen molar-refractivity contribution in [1.29, 1.82) is 0 Å². The van der Waals surface area contributed by atoms with E-state index in [0.717, 1.165) is 0 Å². The Kier molecular flexibility index (Phi) is 8.97. The number of aliphatic hydroxyl groups is 1. The van der Waals surface area contributed by atoms with Crippen molar-refractivity contribution in [2.75, 3.05) is 13.2 Å². The molecule has 0 fully saturated rings. The topological polar surface area (TPSA) is 208 Å². The molecule has 0 aliphatic carbocycles. The second-order valence-electron chi connectivity index (χ2n) is 4.81. The number of hydrogen-bond donors (Lipinski definition) is 7. The largest absolute Gasteiger partial charge is 0.480 e. The molecule has 0 rings (SSSR count). The lowest BCUT2D eigenvalue weighted by atomic mass is 10.1. The highest BCUT2D eigenvalue weighted by atomic mass is 16.4. The SMILES string of the molecule is C[C@H](N)C(=O)N[C@@H](CC(=O)N[C@@H](CO)C(=O)NCC(=O)O)C(=O)O. The number of carboxylic acid groups (broad SMARTS) is 2. The van der Waals surface area contributed by atoms with Gasteiger partial charge < -0.3 is 37.0 Å². The predicted molar refractivity (Wildman–Crippen MR) is 77.5 cm³/mol. The Balaban J connectivity index is 4.69. The lowest BCUT2D eigenvalue weighted by Crippen LogP contribution is -2.53. The molecule has 3 amide bonds. The maximum Gasteiger partial charge on any atom is 0.326 e. The molecule has 0 aliphatic heterocycles. The van der Waals surface area contributed by atoms with Crippen LogP contribution in [0.4, 0.5) is 0 Å². The van der Waals surface area contributed by atoms with Crippen LogP contribution >= 0.6 is 0 Å². The van der Waals surface area contributed by atoms with Crippen molar-refractivity contribution < 1.29 is 39.3 Å². The fraction of sp³-hybridized carbons (Fsp3) is 0.583. The summed E-state index contributed by atoms with van der Waals surface area (Å²) in [7, 11) is 0. The smallest absolute Gasteiger partial charge is 0.326 e. The minimum atomic E-state index is -1.58. The summed E-state index contributed by atoms with van der Waals surface area (Å²) in [6, 6.07) is -4.03. The van der Waals surface area contributed by atoms with Gasteiger partial charge in [0.15, 0.2) is 0 Å². The first kappa shape index (κ1) is 21.3. The fourth-order valence-corrected chi connectivity index (χ4v) is 1.42. The summed E-state index contributed by atoms with van der Waals surface area (Å²) in [4.78, 5) is 56.1. The summed E-state index contributed by atoms with van der Waals surface area (Å²) in [5, 5.41) is 32.5. The number of carbonyl (C=O) groups is 5. The number of rotatable bonds is 10. The van der Waals surface area contributed by atoms with Crippen molar-refractivity contribution in [2.45, 2.75) is 31.5 Å². The fourth-order valence-electron chi connectivity index (χ4n) is 1.42. The zero-order valence-electron chi connectivity index (χ0n) is 12.8. The Morgan fingerprint density at radius 3 is 2.00 bits per heavy atom. The van der Waals surface area contributed by atoms with Crippen molar-refractivity contribution in [3.8, 4) is 0 Å². The monoisotopic (exact) mass is 348 g/mol. The molecule has 136 valence electrons. The van der Waals surface area contributed by atoms with Crippen LogP contribution in [-0.2, 0) is 24.0 Å². The molecule has 0 heterocycles. The van der Waals surface area contributed by atoms with Crippen molar-refractivity contribution in [3.63, 3.8) is 0 Å². The van der Waals surface area contributed by atoms with Gasteiger partial charge >= 0.3 is 11.9 Å². The lowest BCUT2D eigenvalue weighted by molar-refractivity contribution is -0.144. The molecule has 0 bridgehead atoms. The quantitative estimate of drug-likeness (QED) is 0.205. The van der Waals surface area contributed by atoms with Crippen LogP contribution in [0.25, 0.3) is 0 Å². The maximum atomic E-state index is 11.8. The van der Waals surface area contributed by atoms with Gasteiger partial charge in [-0.1, -0.05) is 0 Å². The normalized spacial score (nSPS) is 14.0. The summed E-state index contributed by atoms with van der Waals surface area (Å²) in [6.07, 6.45) is -0.712. The minimum absolute atomic E-state index is 0.712. The molecule has 0 saturated carbocycles. The van der Waals surface area contributed by atoms with Crippen LogP contribution in [0.3, 0.4) is 0 Å². The molecule has 12 heteroatoms. The van der Waals surface area contributed by atoms with Crippen molar-refractivity contribution in [3.05, 3.63) is 0 Å². The molecule has 0 aromatic carbocycles. The van der Waals surface area contributed by atoms with Gasteiger partial charge in [0.05, 0.1) is 19.1 Å². The first-order valence-corrected chi connectivity index (χ1v) is 6.77. The molecular weight excluding hydrogens is 328 g/mol. The van der Waals surface area contributed by atoms with E-state index in [1.54, 1.807) is 0 Å². The average Bonchev–Trinajstić information content (AvgIpc) is 2.48. The van der Waals surface area contributed by atoms with E-state index >= 15 is 0 Å². The van der Waals surface area contributed by atoms with Crippen LogP contribution < -0.4 is 21.7 Å². The van der Waals surface area contributed by atoms with Crippen LogP contribution in [0.2, 0.25) is 0 Å². The molecule has 24 heavy (non-hydrogen) atoms. The van der Waals surface area contributed by atoms with E-state index < -0.39 is 67.4 Å². The number of aliphatic hydroxyl groups excluding tert-OH is 1. The van der Waals surface area contributed by atoms with E-state index in [2.05, 4.69) is 0 Å². The van der Waals surface area contributed by atoms with Crippen LogP contribution in [0, 0.1) is 0 Å². The molecule has 0 saturated heterocycles. The number of amides is 3. The van der Waals surface area contributed by atoms with Gasteiger partial charge in [-0.05, 0) is 6.92 Å². The lowest BCUT2D eigenvalue weighted by Gasteiger charge is -2.19. The number of hydrogen-bond acceptors (Lipinski definition) is 7. The first-order valence-electron chi connectivity index (χ1n) is 6.77. The van der Waals surface area contributed by atoms with E-state index in [9.17, 15) is 24.0 Å². The first-order chi connectivity index (χ1) is 11.1. The van der Waals surface area contributed by atoms with Gasteiger partial charge in [-0.25, -0.2) is 4.79 Å². The highest BCUT2D eigenvalue weighted by Crippen LogP contribution is 1.96. The van der Waals surface area contributed by atoms with Crippen molar-refractivity contribution >= 4 is 29.7 Å². The molecule has 0 radical (unpaired) electrons. The maximum absolute atomic E-state index is 11.8. The third-order valence-electron chi connectivity index (χ3n) is 2.67. The number of nitrogens with two attached hydrogens (primary N) is 1. The molecule has 0 aliphatic rings. The Labute approximate surface area is 136 Å². The third-order valence-corrected chi connectivity index (χ3v) is 2.67. The summed E-state index contributed by atoms with van der Waals surface area (Å²) < 4.78 is 0. The minimum Gasteiger partial charge on any atom is -0.480 e. The van der Waals surface area contributed by atoms with Gasteiger partial charge in [-0.15, -0.1) is 0 Å². The number of aliphatic carboxylic acids is 2. The van der Waals surface area contributed by atoms with Gasteiger partial charge in [0.1, 0.15) is 18.6 Å². The Morgan fingerprint density at radius 2 is 1.58 bits per heavy atom. The van der Waals surface area contributed by atoms with Crippen LogP contribution in [-0.4, -0.2) is 76.3 Å². The van der Waals surface area contributed by atoms with Crippen LogP contribution in [0.1, 0.15) is 13.3 Å². The summed E-state index contributed by atoms with van der Waals surface area (Å²) in [5.74, 6) is -5.50. The number of carbonyl (C=O) groups excluding carboxylic acids is 3. The highest BCUT2D eigenvalue weighted by Gasteiger charge is 2.27. The van der Waals surface area contributed by atoms with Gasteiger partial charge in [-0.2, -0.15) is 0 Å². The molecule has 0 spiro atoms. The summed E-state index contributed by atoms with van der Waals surface area (Å²) in [5.41, 5.74) is 5.28. The van der Waals surface area contributed by atoms with Crippen LogP contribution in [0.15, 0.2) is 0 Å². The van der Waals surface area contributed by atoms with Crippen LogP contribution in [0.5, 0.6) is 0 Å². The highest BCUT2D eigenvalue weighted by molar-refractivity contribution is 5.93. The average molecular weight is 348 g/mol. The standard InChI is InChI=1S/C12H20N4O8/c1-5(13)10(21)16-6(12(23)24)2-8(18)15-7(4-17)11(22)14-3-9(19)20/h5-7,17H,2-4,13H2,1H3,(H,14,22)(H,15,18)(H,16,21)(H,19,20)(H,23,24)/t5-,6-,7-/m0/s1. The zero-order chi connectivity index (χ0) is 18.9. The van der Waals surface area contributed by atoms with E-state index in [1.807, 2.05) is 16.0 Å². The van der Waals surface area contributed by atoms with Gasteiger partial charge in [0, 0.05) is 0 Å².